The van der Waals surface area contributed by atoms with Crippen LogP contribution in [0, 0.1) is 0 Å². The molecule has 0 N–H and O–H groups in total. The van der Waals surface area contributed by atoms with Crippen molar-refractivity contribution in [2.45, 2.75) is 0 Å². The van der Waals surface area contributed by atoms with Crippen LogP contribution in [0.25, 0.3) is 98.4 Å². The van der Waals surface area contributed by atoms with Crippen LogP contribution in [0.5, 0.6) is 0 Å². The van der Waals surface area contributed by atoms with Gasteiger partial charge in [0.1, 0.15) is 0 Å². The highest BCUT2D eigenvalue weighted by Gasteiger charge is 2.28. The maximum Gasteiger partial charge on any atom is -0.00195 e. The molecule has 0 saturated heterocycles. The molecular formula is C36H18. The number of hydrogen-bond acceptors (Lipinski definition) is 0. The van der Waals surface area contributed by atoms with Crippen molar-refractivity contribution in [1.29, 1.82) is 0 Å². The van der Waals surface area contributed by atoms with E-state index in [4.69, 9.17) is 0 Å². The molecule has 0 aromatic heterocycles. The van der Waals surface area contributed by atoms with E-state index in [1.165, 1.54) is 98.4 Å². The minimum Gasteiger partial charge on any atom is -0.0610 e. The van der Waals surface area contributed by atoms with Crippen molar-refractivity contribution in [1.82, 2.24) is 0 Å². The highest BCUT2D eigenvalue weighted by molar-refractivity contribution is 6.35. The van der Waals surface area contributed by atoms with Crippen LogP contribution in [0.3, 0.4) is 0 Å². The second kappa shape index (κ2) is 5.75. The van der Waals surface area contributed by atoms with Crippen molar-refractivity contribution in [3.8, 4) is 44.5 Å². The predicted molar refractivity (Wildman–Crippen MR) is 154 cm³/mol. The van der Waals surface area contributed by atoms with Gasteiger partial charge in [0.05, 0.1) is 0 Å². The Labute approximate surface area is 207 Å². The van der Waals surface area contributed by atoms with Gasteiger partial charge in [-0.3, -0.25) is 0 Å². The molecule has 0 aliphatic heterocycles. The first-order valence-electron chi connectivity index (χ1n) is 12.7. The number of rotatable bonds is 0. The average molecular weight is 451 g/mol. The third-order valence-corrected chi connectivity index (χ3v) is 8.83. The minimum absolute atomic E-state index is 1.33. The molecule has 10 rings (SSSR count). The summed E-state index contributed by atoms with van der Waals surface area (Å²) < 4.78 is 0. The summed E-state index contributed by atoms with van der Waals surface area (Å²) in [6.07, 6.45) is 0. The Morgan fingerprint density at radius 1 is 0.278 bits per heavy atom. The quantitative estimate of drug-likeness (QED) is 0.202. The van der Waals surface area contributed by atoms with Crippen LogP contribution >= 0.6 is 0 Å². The Kier molecular flexibility index (Phi) is 2.83. The first kappa shape index (κ1) is 17.7. The van der Waals surface area contributed by atoms with Crippen molar-refractivity contribution >= 4 is 53.9 Å². The van der Waals surface area contributed by atoms with Gasteiger partial charge in [0.25, 0.3) is 0 Å². The molecule has 162 valence electrons. The van der Waals surface area contributed by atoms with Crippen LogP contribution in [0.1, 0.15) is 0 Å². The molecule has 0 saturated carbocycles. The van der Waals surface area contributed by atoms with Crippen LogP contribution in [-0.4, -0.2) is 0 Å². The van der Waals surface area contributed by atoms with E-state index < -0.39 is 0 Å². The van der Waals surface area contributed by atoms with E-state index in [0.29, 0.717) is 0 Å². The molecule has 36 heavy (non-hydrogen) atoms. The van der Waals surface area contributed by atoms with Gasteiger partial charge in [0, 0.05) is 0 Å². The second-order valence-electron chi connectivity index (χ2n) is 10.4. The van der Waals surface area contributed by atoms with E-state index in [-0.39, 0.29) is 0 Å². The lowest BCUT2D eigenvalue weighted by Gasteiger charge is -2.17. The molecule has 0 radical (unpaired) electrons. The highest BCUT2D eigenvalue weighted by Crippen LogP contribution is 2.56. The zero-order chi connectivity index (χ0) is 23.1. The molecule has 0 nitrogen and oxygen atoms in total. The van der Waals surface area contributed by atoms with Crippen molar-refractivity contribution in [2.24, 2.45) is 0 Å². The first-order valence-corrected chi connectivity index (χ1v) is 12.7. The summed E-state index contributed by atoms with van der Waals surface area (Å²) in [5.41, 5.74) is 11.0. The Morgan fingerprint density at radius 3 is 1.14 bits per heavy atom. The van der Waals surface area contributed by atoms with E-state index in [1.807, 2.05) is 0 Å². The summed E-state index contributed by atoms with van der Waals surface area (Å²) in [5, 5.41) is 13.7. The molecular weight excluding hydrogens is 432 g/mol. The van der Waals surface area contributed by atoms with Gasteiger partial charge < -0.3 is 0 Å². The van der Waals surface area contributed by atoms with Crippen LogP contribution in [-0.2, 0) is 0 Å². The lowest BCUT2D eigenvalue weighted by atomic mass is 9.85. The number of hydrogen-bond donors (Lipinski definition) is 0. The molecule has 0 bridgehead atoms. The van der Waals surface area contributed by atoms with Gasteiger partial charge >= 0.3 is 0 Å². The number of benzene rings is 8. The fraction of sp³-hybridized carbons (Fsp3) is 0. The van der Waals surface area contributed by atoms with Crippen LogP contribution in [0.15, 0.2) is 109 Å². The Bertz CT molecular complexity index is 2120. The molecule has 0 spiro atoms. The van der Waals surface area contributed by atoms with Crippen LogP contribution in [0.2, 0.25) is 0 Å². The van der Waals surface area contributed by atoms with E-state index in [0.717, 1.165) is 0 Å². The largest absolute Gasteiger partial charge is 0.0610 e. The summed E-state index contributed by atoms with van der Waals surface area (Å²) in [6.45, 7) is 0. The summed E-state index contributed by atoms with van der Waals surface area (Å²) in [5.74, 6) is 0. The van der Waals surface area contributed by atoms with E-state index in [1.54, 1.807) is 0 Å². The molecule has 0 atom stereocenters. The third kappa shape index (κ3) is 1.83. The zero-order valence-electron chi connectivity index (χ0n) is 19.4. The van der Waals surface area contributed by atoms with Gasteiger partial charge in [-0.05, 0) is 111 Å². The summed E-state index contributed by atoms with van der Waals surface area (Å²) in [7, 11) is 0. The van der Waals surface area contributed by atoms with Gasteiger partial charge in [0.2, 0.25) is 0 Å². The SMILES string of the molecule is c1cc2c3c(cccc3c1)-c1c-2cc2ccc3c4c(cc5ccc1c2c53)-c1cccc2cccc-4c12. The van der Waals surface area contributed by atoms with Gasteiger partial charge in [-0.2, -0.15) is 0 Å². The minimum atomic E-state index is 1.33. The Balaban J connectivity index is 1.42. The van der Waals surface area contributed by atoms with Gasteiger partial charge in [-0.15, -0.1) is 0 Å². The second-order valence-corrected chi connectivity index (χ2v) is 10.4. The summed E-state index contributed by atoms with van der Waals surface area (Å²) >= 11 is 0. The number of fused-ring (bicyclic) bond motifs is 8. The van der Waals surface area contributed by atoms with Gasteiger partial charge in [-0.1, -0.05) is 97.1 Å². The van der Waals surface area contributed by atoms with E-state index >= 15 is 0 Å². The molecule has 2 aliphatic rings. The fourth-order valence-corrected chi connectivity index (χ4v) is 7.50. The zero-order valence-corrected chi connectivity index (χ0v) is 19.4. The molecule has 2 aliphatic carbocycles. The monoisotopic (exact) mass is 450 g/mol. The lowest BCUT2D eigenvalue weighted by Crippen LogP contribution is -1.90. The van der Waals surface area contributed by atoms with Crippen molar-refractivity contribution in [3.05, 3.63) is 109 Å². The van der Waals surface area contributed by atoms with Crippen LogP contribution < -0.4 is 0 Å². The normalized spacial score (nSPS) is 13.0. The average Bonchev–Trinajstić information content (AvgIpc) is 3.43. The smallest absolute Gasteiger partial charge is 0.00195 e. The summed E-state index contributed by atoms with van der Waals surface area (Å²) in [4.78, 5) is 0. The topological polar surface area (TPSA) is 0 Å². The maximum absolute atomic E-state index is 2.44. The molecule has 0 amide bonds. The molecule has 8 aromatic rings. The van der Waals surface area contributed by atoms with Crippen molar-refractivity contribution in [2.75, 3.05) is 0 Å². The third-order valence-electron chi connectivity index (χ3n) is 8.83. The molecule has 0 heterocycles. The van der Waals surface area contributed by atoms with Crippen LogP contribution in [0.4, 0.5) is 0 Å². The van der Waals surface area contributed by atoms with E-state index in [2.05, 4.69) is 109 Å². The molecule has 0 heteroatoms. The standard InChI is InChI=1S/C36H18/c1-5-19-7-3-11-25-31(19)23(9-1)29-17-21-13-16-28-34-22(14-15-27(33(21)34)35(25)29)18-30-24-10-2-6-20-8-4-12-26(32(20)24)36(28)30/h1-18H. The first-order chi connectivity index (χ1) is 17.9. The van der Waals surface area contributed by atoms with E-state index in [9.17, 15) is 0 Å². The van der Waals surface area contributed by atoms with Crippen molar-refractivity contribution in [3.63, 3.8) is 0 Å². The highest BCUT2D eigenvalue weighted by atomic mass is 14.3. The summed E-state index contributed by atoms with van der Waals surface area (Å²) in [6, 6.07) is 41.3. The molecule has 0 fully saturated rings. The maximum atomic E-state index is 2.44. The fourth-order valence-electron chi connectivity index (χ4n) is 7.50. The molecule has 0 unspecified atom stereocenters. The Hall–Kier alpha value is -4.68. The molecule has 8 aromatic carbocycles. The Morgan fingerprint density at radius 2 is 0.694 bits per heavy atom. The lowest BCUT2D eigenvalue weighted by molar-refractivity contribution is 1.75. The van der Waals surface area contributed by atoms with Gasteiger partial charge in [0.15, 0.2) is 0 Å². The predicted octanol–water partition coefficient (Wildman–Crippen LogP) is 10.2. The van der Waals surface area contributed by atoms with Crippen molar-refractivity contribution < 1.29 is 0 Å². The van der Waals surface area contributed by atoms with Gasteiger partial charge in [-0.25, -0.2) is 0 Å².